The van der Waals surface area contributed by atoms with E-state index in [1.165, 1.54) is 12.8 Å². The van der Waals surface area contributed by atoms with E-state index < -0.39 is 0 Å². The highest BCUT2D eigenvalue weighted by atomic mass is 35.5. The van der Waals surface area contributed by atoms with Gasteiger partial charge in [0.15, 0.2) is 0 Å². The molecule has 0 N–H and O–H groups in total. The number of hydrogen-bond donors (Lipinski definition) is 0. The molecule has 0 radical (unpaired) electrons. The minimum Gasteiger partial charge on any atom is -0.299 e. The number of Topliss-reactive ketones (excluding diaryl/α,β-unsaturated/α-hetero) is 1. The Balaban J connectivity index is 1.98. The normalized spacial score (nSPS) is 56.4. The van der Waals surface area contributed by atoms with Gasteiger partial charge in [0.2, 0.25) is 0 Å². The quantitative estimate of drug-likeness (QED) is 0.528. The van der Waals surface area contributed by atoms with Crippen LogP contribution >= 0.6 is 11.6 Å². The number of ketones is 1. The molecule has 0 spiro atoms. The lowest BCUT2D eigenvalue weighted by molar-refractivity contribution is -0.139. The molecular formula is C10H13ClO. The minimum absolute atomic E-state index is 0.185. The Morgan fingerprint density at radius 2 is 2.00 bits per heavy atom. The highest BCUT2D eigenvalue weighted by molar-refractivity contribution is 6.23. The number of rotatable bonds is 0. The summed E-state index contributed by atoms with van der Waals surface area (Å²) >= 11 is 6.24. The van der Waals surface area contributed by atoms with Crippen molar-refractivity contribution in [1.82, 2.24) is 0 Å². The van der Waals surface area contributed by atoms with Crippen molar-refractivity contribution in [3.8, 4) is 0 Å². The smallest absolute Gasteiger partial charge is 0.140 e. The number of hydrogen-bond acceptors (Lipinski definition) is 1. The molecule has 0 aromatic carbocycles. The summed E-state index contributed by atoms with van der Waals surface area (Å²) in [5.74, 6) is 2.64. The van der Waals surface area contributed by atoms with Crippen LogP contribution in [0, 0.1) is 23.7 Å². The number of carbonyl (C=O) groups is 1. The predicted molar refractivity (Wildman–Crippen MR) is 47.1 cm³/mol. The van der Waals surface area contributed by atoms with Crippen molar-refractivity contribution in [3.63, 3.8) is 0 Å². The molecule has 4 aliphatic carbocycles. The molecule has 0 amide bonds. The van der Waals surface area contributed by atoms with E-state index in [1.54, 1.807) is 0 Å². The largest absolute Gasteiger partial charge is 0.299 e. The van der Waals surface area contributed by atoms with Gasteiger partial charge >= 0.3 is 0 Å². The molecular weight excluding hydrogens is 172 g/mol. The molecule has 0 unspecified atom stereocenters. The van der Waals surface area contributed by atoms with Crippen LogP contribution < -0.4 is 0 Å². The van der Waals surface area contributed by atoms with E-state index in [9.17, 15) is 4.79 Å². The van der Waals surface area contributed by atoms with Crippen LogP contribution in [0.15, 0.2) is 0 Å². The Hall–Kier alpha value is -0.0400. The number of halogens is 1. The zero-order chi connectivity index (χ0) is 8.29. The molecule has 4 rings (SSSR count). The second-order valence-electron chi connectivity index (χ2n) is 4.72. The average molecular weight is 185 g/mol. The van der Waals surface area contributed by atoms with Crippen LogP contribution in [0.4, 0.5) is 0 Å². The van der Waals surface area contributed by atoms with Crippen LogP contribution in [0.5, 0.6) is 0 Å². The van der Waals surface area contributed by atoms with Crippen LogP contribution in [0.3, 0.4) is 0 Å². The third kappa shape index (κ3) is 0.783. The van der Waals surface area contributed by atoms with Crippen LogP contribution in [0.1, 0.15) is 25.7 Å². The van der Waals surface area contributed by atoms with Crippen molar-refractivity contribution in [1.29, 1.82) is 0 Å². The van der Waals surface area contributed by atoms with Gasteiger partial charge < -0.3 is 0 Å². The first-order chi connectivity index (χ1) is 5.75. The second-order valence-corrected chi connectivity index (χ2v) is 5.22. The highest BCUT2D eigenvalue weighted by Gasteiger charge is 2.52. The third-order valence-electron chi connectivity index (χ3n) is 4.03. The van der Waals surface area contributed by atoms with Gasteiger partial charge in [0.05, 0.1) is 0 Å². The van der Waals surface area contributed by atoms with Gasteiger partial charge in [-0.2, -0.15) is 0 Å². The molecule has 4 bridgehead atoms. The Morgan fingerprint density at radius 3 is 2.83 bits per heavy atom. The Labute approximate surface area is 77.5 Å². The van der Waals surface area contributed by atoms with Crippen LogP contribution in [0.2, 0.25) is 0 Å². The molecule has 0 aliphatic heterocycles. The standard InChI is InChI=1S/C10H13ClO/c11-9-6-1-5-2-7(4-6)10(12)8(9)3-5/h5-9H,1-4H2/t5-,6+,7-,8+,9-/m0/s1. The van der Waals surface area contributed by atoms with Crippen molar-refractivity contribution < 1.29 is 4.79 Å². The van der Waals surface area contributed by atoms with Gasteiger partial charge in [-0.25, -0.2) is 0 Å². The van der Waals surface area contributed by atoms with Crippen LogP contribution in [0.25, 0.3) is 0 Å². The van der Waals surface area contributed by atoms with Gasteiger partial charge in [-0.3, -0.25) is 4.79 Å². The third-order valence-corrected chi connectivity index (χ3v) is 4.69. The van der Waals surface area contributed by atoms with E-state index in [0.29, 0.717) is 17.6 Å². The lowest BCUT2D eigenvalue weighted by Gasteiger charge is -2.51. The molecule has 5 atom stereocenters. The fourth-order valence-electron chi connectivity index (χ4n) is 3.56. The fraction of sp³-hybridized carbons (Fsp3) is 0.900. The van der Waals surface area contributed by atoms with Crippen LogP contribution in [-0.2, 0) is 4.79 Å². The summed E-state index contributed by atoms with van der Waals surface area (Å²) in [6.45, 7) is 0. The molecule has 2 heteroatoms. The summed E-state index contributed by atoms with van der Waals surface area (Å²) in [6.07, 6.45) is 4.67. The van der Waals surface area contributed by atoms with Crippen molar-refractivity contribution >= 4 is 17.4 Å². The molecule has 1 nitrogen and oxygen atoms in total. The summed E-state index contributed by atoms with van der Waals surface area (Å²) in [5.41, 5.74) is 0. The maximum absolute atomic E-state index is 11.7. The highest BCUT2D eigenvalue weighted by Crippen LogP contribution is 2.53. The number of carbonyl (C=O) groups excluding carboxylic acids is 1. The Bertz CT molecular complexity index is 238. The Morgan fingerprint density at radius 1 is 1.17 bits per heavy atom. The molecule has 0 saturated heterocycles. The first-order valence-electron chi connectivity index (χ1n) is 4.93. The van der Waals surface area contributed by atoms with Crippen LogP contribution in [-0.4, -0.2) is 11.2 Å². The first kappa shape index (κ1) is 7.37. The van der Waals surface area contributed by atoms with Crippen molar-refractivity contribution in [2.24, 2.45) is 23.7 Å². The van der Waals surface area contributed by atoms with E-state index >= 15 is 0 Å². The predicted octanol–water partition coefficient (Wildman–Crippen LogP) is 2.23. The summed E-state index contributed by atoms with van der Waals surface area (Å²) < 4.78 is 0. The molecule has 12 heavy (non-hydrogen) atoms. The summed E-state index contributed by atoms with van der Waals surface area (Å²) in [5, 5.41) is 0.185. The van der Waals surface area contributed by atoms with Gasteiger partial charge in [0.1, 0.15) is 5.78 Å². The molecule has 0 aromatic rings. The second kappa shape index (κ2) is 2.25. The SMILES string of the molecule is O=C1[C@H]2C[C@@H]3C[C@H](C2)[C@H](Cl)[C@H]1C3. The summed E-state index contributed by atoms with van der Waals surface area (Å²) in [6, 6.07) is 0. The van der Waals surface area contributed by atoms with E-state index in [0.717, 1.165) is 18.8 Å². The average Bonchev–Trinajstić information content (AvgIpc) is 2.07. The van der Waals surface area contributed by atoms with Crippen molar-refractivity contribution in [2.75, 3.05) is 0 Å². The maximum Gasteiger partial charge on any atom is 0.140 e. The van der Waals surface area contributed by atoms with Crippen molar-refractivity contribution in [3.05, 3.63) is 0 Å². The number of alkyl halides is 1. The van der Waals surface area contributed by atoms with E-state index in [1.807, 2.05) is 0 Å². The van der Waals surface area contributed by atoms with E-state index in [2.05, 4.69) is 0 Å². The lowest BCUT2D eigenvalue weighted by atomic mass is 9.55. The van der Waals surface area contributed by atoms with Gasteiger partial charge in [0.25, 0.3) is 0 Å². The van der Waals surface area contributed by atoms with Gasteiger partial charge in [0, 0.05) is 17.2 Å². The zero-order valence-corrected chi connectivity index (χ0v) is 7.76. The summed E-state index contributed by atoms with van der Waals surface area (Å²) in [7, 11) is 0. The minimum atomic E-state index is 0.185. The molecule has 4 saturated carbocycles. The summed E-state index contributed by atoms with van der Waals surface area (Å²) in [4.78, 5) is 11.7. The lowest BCUT2D eigenvalue weighted by Crippen LogP contribution is -2.51. The monoisotopic (exact) mass is 184 g/mol. The molecule has 4 aliphatic rings. The Kier molecular flexibility index (Phi) is 1.39. The van der Waals surface area contributed by atoms with Gasteiger partial charge in [-0.05, 0) is 37.5 Å². The van der Waals surface area contributed by atoms with Crippen molar-refractivity contribution in [2.45, 2.75) is 31.1 Å². The zero-order valence-electron chi connectivity index (χ0n) is 7.00. The van der Waals surface area contributed by atoms with Gasteiger partial charge in [-0.15, -0.1) is 11.6 Å². The molecule has 0 aromatic heterocycles. The van der Waals surface area contributed by atoms with E-state index in [4.69, 9.17) is 11.6 Å². The van der Waals surface area contributed by atoms with Gasteiger partial charge in [-0.1, -0.05) is 0 Å². The van der Waals surface area contributed by atoms with E-state index in [-0.39, 0.29) is 11.3 Å². The molecule has 4 fully saturated rings. The topological polar surface area (TPSA) is 17.1 Å². The fourth-order valence-corrected chi connectivity index (χ4v) is 4.00. The maximum atomic E-state index is 11.7. The molecule has 66 valence electrons. The molecule has 0 heterocycles. The first-order valence-corrected chi connectivity index (χ1v) is 5.37.